The van der Waals surface area contributed by atoms with Crippen LogP contribution in [0.15, 0.2) is 12.2 Å². The number of esters is 1. The Morgan fingerprint density at radius 3 is 2.77 bits per heavy atom. The zero-order valence-corrected chi connectivity index (χ0v) is 8.88. The molecule has 0 fully saturated rings. The minimum absolute atomic E-state index is 0.0303. The second-order valence-electron chi connectivity index (χ2n) is 3.21. The predicted molar refractivity (Wildman–Crippen MR) is 54.5 cm³/mol. The zero-order chi connectivity index (χ0) is 10.1. The van der Waals surface area contributed by atoms with Crippen molar-refractivity contribution >= 4 is 5.97 Å². The Kier molecular flexibility index (Phi) is 7.36. The number of allylic oxidation sites excluding steroid dienone is 2. The first-order valence-electron chi connectivity index (χ1n) is 5.00. The molecule has 76 valence electrons. The van der Waals surface area contributed by atoms with Crippen LogP contribution in [-0.2, 0) is 9.53 Å². The third-order valence-electron chi connectivity index (χ3n) is 1.85. The summed E-state index contributed by atoms with van der Waals surface area (Å²) in [6.07, 6.45) is 6.81. The lowest BCUT2D eigenvalue weighted by Gasteiger charge is -2.09. The van der Waals surface area contributed by atoms with Gasteiger partial charge < -0.3 is 4.74 Å². The van der Waals surface area contributed by atoms with E-state index in [9.17, 15) is 4.79 Å². The second-order valence-corrected chi connectivity index (χ2v) is 3.21. The molecule has 0 radical (unpaired) electrons. The Hall–Kier alpha value is -0.790. The fourth-order valence-electron chi connectivity index (χ4n) is 0.976. The van der Waals surface area contributed by atoms with Gasteiger partial charge in [-0.15, -0.1) is 0 Å². The molecule has 0 aliphatic carbocycles. The number of carbonyl (C=O) groups is 1. The van der Waals surface area contributed by atoms with E-state index in [1.807, 2.05) is 26.8 Å². The van der Waals surface area contributed by atoms with Gasteiger partial charge in [-0.05, 0) is 26.2 Å². The number of rotatable bonds is 6. The van der Waals surface area contributed by atoms with Gasteiger partial charge in [0.2, 0.25) is 0 Å². The van der Waals surface area contributed by atoms with E-state index >= 15 is 0 Å². The SMILES string of the molecule is CC=CCCC(C)C(=O)OCCC. The molecule has 0 aromatic rings. The highest BCUT2D eigenvalue weighted by molar-refractivity contribution is 5.71. The quantitative estimate of drug-likeness (QED) is 0.468. The highest BCUT2D eigenvalue weighted by Crippen LogP contribution is 2.08. The van der Waals surface area contributed by atoms with Crippen molar-refractivity contribution in [2.24, 2.45) is 5.92 Å². The fourth-order valence-corrected chi connectivity index (χ4v) is 0.976. The third-order valence-corrected chi connectivity index (χ3v) is 1.85. The molecule has 0 N–H and O–H groups in total. The summed E-state index contributed by atoms with van der Waals surface area (Å²) >= 11 is 0. The van der Waals surface area contributed by atoms with Crippen molar-refractivity contribution in [2.75, 3.05) is 6.61 Å². The number of carbonyl (C=O) groups excluding carboxylic acids is 1. The average Bonchev–Trinajstić information content (AvgIpc) is 2.14. The molecular formula is C11H20O2. The largest absolute Gasteiger partial charge is 0.465 e. The summed E-state index contributed by atoms with van der Waals surface area (Å²) in [5, 5.41) is 0. The summed E-state index contributed by atoms with van der Waals surface area (Å²) in [4.78, 5) is 11.2. The van der Waals surface area contributed by atoms with Gasteiger partial charge in [0.1, 0.15) is 0 Å². The van der Waals surface area contributed by atoms with E-state index in [0.717, 1.165) is 19.3 Å². The van der Waals surface area contributed by atoms with Crippen LogP contribution < -0.4 is 0 Å². The summed E-state index contributed by atoms with van der Waals surface area (Å²) in [5.41, 5.74) is 0. The maximum Gasteiger partial charge on any atom is 0.308 e. The highest BCUT2D eigenvalue weighted by atomic mass is 16.5. The Balaban J connectivity index is 3.56. The molecule has 0 aromatic carbocycles. The normalized spacial score (nSPS) is 13.2. The van der Waals surface area contributed by atoms with Crippen LogP contribution in [0.25, 0.3) is 0 Å². The van der Waals surface area contributed by atoms with E-state index in [1.54, 1.807) is 0 Å². The monoisotopic (exact) mass is 184 g/mol. The van der Waals surface area contributed by atoms with Gasteiger partial charge in [-0.2, -0.15) is 0 Å². The van der Waals surface area contributed by atoms with E-state index in [4.69, 9.17) is 4.74 Å². The van der Waals surface area contributed by atoms with Crippen molar-refractivity contribution in [2.45, 2.75) is 40.0 Å². The molecule has 2 heteroatoms. The number of hydrogen-bond acceptors (Lipinski definition) is 2. The summed E-state index contributed by atoms with van der Waals surface area (Å²) in [6.45, 7) is 6.45. The van der Waals surface area contributed by atoms with Crippen molar-refractivity contribution in [1.82, 2.24) is 0 Å². The lowest BCUT2D eigenvalue weighted by atomic mass is 10.1. The van der Waals surface area contributed by atoms with E-state index < -0.39 is 0 Å². The molecule has 2 nitrogen and oxygen atoms in total. The first kappa shape index (κ1) is 12.2. The first-order valence-corrected chi connectivity index (χ1v) is 5.00. The number of ether oxygens (including phenoxy) is 1. The lowest BCUT2D eigenvalue weighted by Crippen LogP contribution is -2.14. The molecule has 0 heterocycles. The predicted octanol–water partition coefficient (Wildman–Crippen LogP) is 2.93. The van der Waals surface area contributed by atoms with Crippen LogP contribution in [0, 0.1) is 5.92 Å². The van der Waals surface area contributed by atoms with E-state index in [-0.39, 0.29) is 11.9 Å². The van der Waals surface area contributed by atoms with Crippen molar-refractivity contribution in [3.63, 3.8) is 0 Å². The minimum atomic E-state index is -0.0636. The Labute approximate surface area is 81.0 Å². The molecule has 0 rings (SSSR count). The highest BCUT2D eigenvalue weighted by Gasteiger charge is 2.12. The molecule has 1 atom stereocenters. The van der Waals surface area contributed by atoms with Gasteiger partial charge in [-0.3, -0.25) is 4.79 Å². The second kappa shape index (κ2) is 7.84. The van der Waals surface area contributed by atoms with Gasteiger partial charge in [-0.25, -0.2) is 0 Å². The van der Waals surface area contributed by atoms with Crippen molar-refractivity contribution in [3.8, 4) is 0 Å². The molecule has 0 saturated carbocycles. The molecule has 0 saturated heterocycles. The average molecular weight is 184 g/mol. The van der Waals surface area contributed by atoms with Crippen LogP contribution in [0.4, 0.5) is 0 Å². The van der Waals surface area contributed by atoms with Crippen LogP contribution >= 0.6 is 0 Å². The number of hydrogen-bond donors (Lipinski definition) is 0. The van der Waals surface area contributed by atoms with Gasteiger partial charge in [0.15, 0.2) is 0 Å². The molecule has 0 bridgehead atoms. The van der Waals surface area contributed by atoms with Gasteiger partial charge in [0.05, 0.1) is 12.5 Å². The lowest BCUT2D eigenvalue weighted by molar-refractivity contribution is -0.148. The molecular weight excluding hydrogens is 164 g/mol. The maximum absolute atomic E-state index is 11.2. The molecule has 0 spiro atoms. The van der Waals surface area contributed by atoms with E-state index in [2.05, 4.69) is 6.08 Å². The summed E-state index contributed by atoms with van der Waals surface area (Å²) in [7, 11) is 0. The Morgan fingerprint density at radius 2 is 2.23 bits per heavy atom. The van der Waals surface area contributed by atoms with Crippen molar-refractivity contribution in [1.29, 1.82) is 0 Å². The van der Waals surface area contributed by atoms with E-state index in [0.29, 0.717) is 6.61 Å². The van der Waals surface area contributed by atoms with Gasteiger partial charge in [0, 0.05) is 0 Å². The van der Waals surface area contributed by atoms with Crippen LogP contribution in [0.3, 0.4) is 0 Å². The van der Waals surface area contributed by atoms with Gasteiger partial charge in [-0.1, -0.05) is 26.0 Å². The summed E-state index contributed by atoms with van der Waals surface area (Å²) in [6, 6.07) is 0. The summed E-state index contributed by atoms with van der Waals surface area (Å²) in [5.74, 6) is -0.0332. The summed E-state index contributed by atoms with van der Waals surface area (Å²) < 4.78 is 5.02. The third kappa shape index (κ3) is 6.38. The first-order chi connectivity index (χ1) is 6.22. The van der Waals surface area contributed by atoms with Crippen LogP contribution in [-0.4, -0.2) is 12.6 Å². The fraction of sp³-hybridized carbons (Fsp3) is 0.727. The molecule has 1 unspecified atom stereocenters. The molecule has 13 heavy (non-hydrogen) atoms. The Morgan fingerprint density at radius 1 is 1.54 bits per heavy atom. The van der Waals surface area contributed by atoms with Crippen molar-refractivity contribution < 1.29 is 9.53 Å². The van der Waals surface area contributed by atoms with Gasteiger partial charge in [0.25, 0.3) is 0 Å². The smallest absolute Gasteiger partial charge is 0.308 e. The maximum atomic E-state index is 11.2. The van der Waals surface area contributed by atoms with Crippen molar-refractivity contribution in [3.05, 3.63) is 12.2 Å². The Bertz CT molecular complexity index is 161. The minimum Gasteiger partial charge on any atom is -0.465 e. The molecule has 0 amide bonds. The zero-order valence-electron chi connectivity index (χ0n) is 8.88. The van der Waals surface area contributed by atoms with Crippen LogP contribution in [0.5, 0.6) is 0 Å². The van der Waals surface area contributed by atoms with Crippen LogP contribution in [0.1, 0.15) is 40.0 Å². The molecule has 0 aromatic heterocycles. The van der Waals surface area contributed by atoms with Crippen LogP contribution in [0.2, 0.25) is 0 Å². The topological polar surface area (TPSA) is 26.3 Å². The molecule has 0 aliphatic rings. The van der Waals surface area contributed by atoms with Gasteiger partial charge >= 0.3 is 5.97 Å². The molecule has 0 aliphatic heterocycles. The standard InChI is InChI=1S/C11H20O2/c1-4-6-7-8-10(3)11(12)13-9-5-2/h4,6,10H,5,7-9H2,1-3H3. The van der Waals surface area contributed by atoms with E-state index in [1.165, 1.54) is 0 Å².